The molecule has 0 spiro atoms. The van der Waals surface area contributed by atoms with Crippen LogP contribution in [0.1, 0.15) is 16.8 Å². The number of rotatable bonds is 4. The highest BCUT2D eigenvalue weighted by Gasteiger charge is 2.29. The Balaban J connectivity index is 1.66. The zero-order chi connectivity index (χ0) is 14.7. The maximum Gasteiger partial charge on any atom is 0.273 e. The Kier molecular flexibility index (Phi) is 4.40. The Morgan fingerprint density at radius 3 is 3.14 bits per heavy atom. The van der Waals surface area contributed by atoms with Crippen molar-refractivity contribution in [3.05, 3.63) is 35.5 Å². The van der Waals surface area contributed by atoms with Gasteiger partial charge in [0.2, 0.25) is 0 Å². The number of nitrogens with zero attached hydrogens (tertiary/aromatic N) is 3. The summed E-state index contributed by atoms with van der Waals surface area (Å²) in [5.41, 5.74) is 0.667. The van der Waals surface area contributed by atoms with Gasteiger partial charge in [0.15, 0.2) is 0 Å². The molecule has 0 saturated carbocycles. The quantitative estimate of drug-likeness (QED) is 0.810. The predicted octanol–water partition coefficient (Wildman–Crippen LogP) is 2.55. The van der Waals surface area contributed by atoms with Gasteiger partial charge in [0.25, 0.3) is 11.1 Å². The molecule has 2 aromatic rings. The van der Waals surface area contributed by atoms with E-state index in [1.807, 2.05) is 22.6 Å². The lowest BCUT2D eigenvalue weighted by molar-refractivity contribution is 0.0768. The third kappa shape index (κ3) is 3.19. The van der Waals surface area contributed by atoms with Gasteiger partial charge < -0.3 is 9.64 Å². The van der Waals surface area contributed by atoms with Crippen molar-refractivity contribution in [3.63, 3.8) is 0 Å². The molecule has 110 valence electrons. The molecule has 1 aliphatic rings. The van der Waals surface area contributed by atoms with Gasteiger partial charge in [0.1, 0.15) is 11.1 Å². The van der Waals surface area contributed by atoms with Gasteiger partial charge >= 0.3 is 0 Å². The monoisotopic (exact) mass is 321 g/mol. The number of amides is 1. The minimum Gasteiger partial charge on any atom is -0.465 e. The molecule has 0 N–H and O–H groups in total. The molecular formula is C14H15N3O2S2. The van der Waals surface area contributed by atoms with Crippen LogP contribution >= 0.6 is 23.1 Å². The molecule has 1 aliphatic heterocycles. The number of pyridine rings is 1. The van der Waals surface area contributed by atoms with Crippen LogP contribution in [0.15, 0.2) is 34.9 Å². The first-order chi connectivity index (χ1) is 10.3. The summed E-state index contributed by atoms with van der Waals surface area (Å²) >= 11 is 2.96. The summed E-state index contributed by atoms with van der Waals surface area (Å²) in [6.45, 7) is 1.30. The van der Waals surface area contributed by atoms with E-state index in [4.69, 9.17) is 4.74 Å². The molecule has 1 unspecified atom stereocenters. The summed E-state index contributed by atoms with van der Waals surface area (Å²) in [7, 11) is 0. The molecular weight excluding hydrogens is 306 g/mol. The van der Waals surface area contributed by atoms with Crippen LogP contribution in [0.25, 0.3) is 0 Å². The van der Waals surface area contributed by atoms with Crippen LogP contribution in [0.5, 0.6) is 5.19 Å². The molecule has 0 aliphatic carbocycles. The Morgan fingerprint density at radius 1 is 1.48 bits per heavy atom. The predicted molar refractivity (Wildman–Crippen MR) is 83.1 cm³/mol. The molecule has 0 aromatic carbocycles. The molecule has 2 aromatic heterocycles. The topological polar surface area (TPSA) is 55.3 Å². The standard InChI is InChI=1S/C14H15N3O2S2/c1-20-12-11(3-2-5-15-12)13(18)17-7-4-10(9-17)19-14-16-6-8-21-14/h2-3,5-6,8,10H,4,7,9H2,1H3. The molecule has 0 radical (unpaired) electrons. The number of hydrogen-bond donors (Lipinski definition) is 0. The largest absolute Gasteiger partial charge is 0.465 e. The molecule has 5 nitrogen and oxygen atoms in total. The van der Waals surface area contributed by atoms with Gasteiger partial charge in [-0.25, -0.2) is 9.97 Å². The number of hydrogen-bond acceptors (Lipinski definition) is 6. The van der Waals surface area contributed by atoms with Crippen LogP contribution < -0.4 is 4.74 Å². The minimum absolute atomic E-state index is 0.0227. The van der Waals surface area contributed by atoms with Crippen molar-refractivity contribution in [2.24, 2.45) is 0 Å². The van der Waals surface area contributed by atoms with E-state index in [0.29, 0.717) is 23.8 Å². The highest BCUT2D eigenvalue weighted by molar-refractivity contribution is 7.98. The Hall–Kier alpha value is -1.60. The fraction of sp³-hybridized carbons (Fsp3) is 0.357. The fourth-order valence-electron chi connectivity index (χ4n) is 2.31. The zero-order valence-electron chi connectivity index (χ0n) is 11.6. The maximum atomic E-state index is 12.6. The van der Waals surface area contributed by atoms with E-state index < -0.39 is 0 Å². The van der Waals surface area contributed by atoms with Crippen LogP contribution in [0.2, 0.25) is 0 Å². The molecule has 1 amide bonds. The van der Waals surface area contributed by atoms with Crippen molar-refractivity contribution in [1.29, 1.82) is 0 Å². The number of thiazole rings is 1. The minimum atomic E-state index is 0.0227. The summed E-state index contributed by atoms with van der Waals surface area (Å²) < 4.78 is 5.78. The Bertz CT molecular complexity index is 618. The smallest absolute Gasteiger partial charge is 0.273 e. The zero-order valence-corrected chi connectivity index (χ0v) is 13.2. The second-order valence-corrected chi connectivity index (χ2v) is 6.29. The van der Waals surface area contributed by atoms with Crippen LogP contribution in [0.3, 0.4) is 0 Å². The van der Waals surface area contributed by atoms with E-state index in [1.54, 1.807) is 18.5 Å². The first kappa shape index (κ1) is 14.3. The average Bonchev–Trinajstić information content (AvgIpc) is 3.19. The molecule has 3 rings (SSSR count). The lowest BCUT2D eigenvalue weighted by atomic mass is 10.2. The first-order valence-corrected chi connectivity index (χ1v) is 8.73. The van der Waals surface area contributed by atoms with E-state index in [-0.39, 0.29) is 12.0 Å². The summed E-state index contributed by atoms with van der Waals surface area (Å²) in [6, 6.07) is 3.63. The first-order valence-electron chi connectivity index (χ1n) is 6.62. The molecule has 1 fully saturated rings. The number of thioether (sulfide) groups is 1. The van der Waals surface area contributed by atoms with Crippen LogP contribution in [-0.4, -0.2) is 46.2 Å². The van der Waals surface area contributed by atoms with E-state index in [9.17, 15) is 4.79 Å². The van der Waals surface area contributed by atoms with E-state index in [2.05, 4.69) is 9.97 Å². The van der Waals surface area contributed by atoms with Gasteiger partial charge in [-0.05, 0) is 18.4 Å². The molecule has 1 atom stereocenters. The van der Waals surface area contributed by atoms with Gasteiger partial charge in [-0.3, -0.25) is 4.79 Å². The van der Waals surface area contributed by atoms with Gasteiger partial charge in [-0.15, -0.1) is 11.8 Å². The van der Waals surface area contributed by atoms with E-state index in [1.165, 1.54) is 23.1 Å². The van der Waals surface area contributed by atoms with Crippen molar-refractivity contribution in [2.75, 3.05) is 19.3 Å². The maximum absolute atomic E-state index is 12.6. The third-order valence-electron chi connectivity index (χ3n) is 3.30. The average molecular weight is 321 g/mol. The Morgan fingerprint density at radius 2 is 2.38 bits per heavy atom. The second-order valence-electron chi connectivity index (χ2n) is 4.64. The SMILES string of the molecule is CSc1ncccc1C(=O)N1CCC(Oc2nccs2)C1. The third-order valence-corrected chi connectivity index (χ3v) is 4.68. The van der Waals surface area contributed by atoms with E-state index >= 15 is 0 Å². The second kappa shape index (κ2) is 6.44. The summed E-state index contributed by atoms with van der Waals surface area (Å²) in [5, 5.41) is 3.32. The van der Waals surface area contributed by atoms with Gasteiger partial charge in [0.05, 0.1) is 12.1 Å². The van der Waals surface area contributed by atoms with Gasteiger partial charge in [-0.2, -0.15) is 0 Å². The molecule has 1 saturated heterocycles. The van der Waals surface area contributed by atoms with Crippen molar-refractivity contribution < 1.29 is 9.53 Å². The number of likely N-dealkylation sites (tertiary alicyclic amines) is 1. The summed E-state index contributed by atoms with van der Waals surface area (Å²) in [4.78, 5) is 22.8. The highest BCUT2D eigenvalue weighted by atomic mass is 32.2. The van der Waals surface area contributed by atoms with E-state index in [0.717, 1.165) is 11.4 Å². The molecule has 3 heterocycles. The van der Waals surface area contributed by atoms with Gasteiger partial charge in [0, 0.05) is 30.7 Å². The van der Waals surface area contributed by atoms with Crippen LogP contribution in [0, 0.1) is 0 Å². The molecule has 7 heteroatoms. The van der Waals surface area contributed by atoms with Gasteiger partial charge in [-0.1, -0.05) is 11.3 Å². The van der Waals surface area contributed by atoms with Crippen molar-refractivity contribution in [3.8, 4) is 5.19 Å². The lowest BCUT2D eigenvalue weighted by Gasteiger charge is -2.17. The number of carbonyl (C=O) groups is 1. The van der Waals surface area contributed by atoms with Crippen LogP contribution in [0.4, 0.5) is 0 Å². The van der Waals surface area contributed by atoms with Crippen molar-refractivity contribution in [2.45, 2.75) is 17.6 Å². The van der Waals surface area contributed by atoms with Crippen LogP contribution in [-0.2, 0) is 0 Å². The lowest BCUT2D eigenvalue weighted by Crippen LogP contribution is -2.31. The van der Waals surface area contributed by atoms with Crippen molar-refractivity contribution >= 4 is 29.0 Å². The molecule has 21 heavy (non-hydrogen) atoms. The normalized spacial score (nSPS) is 18.0. The summed E-state index contributed by atoms with van der Waals surface area (Å²) in [6.07, 6.45) is 6.21. The Labute approximate surface area is 131 Å². The number of carbonyl (C=O) groups excluding carboxylic acids is 1. The molecule has 0 bridgehead atoms. The highest BCUT2D eigenvalue weighted by Crippen LogP contribution is 2.24. The summed E-state index contributed by atoms with van der Waals surface area (Å²) in [5.74, 6) is 0.0256. The number of aromatic nitrogens is 2. The fourth-order valence-corrected chi connectivity index (χ4v) is 3.40. The van der Waals surface area contributed by atoms with Crippen molar-refractivity contribution in [1.82, 2.24) is 14.9 Å². The number of ether oxygens (including phenoxy) is 1.